The van der Waals surface area contributed by atoms with Gasteiger partial charge < -0.3 is 14.2 Å². The molecule has 1 fully saturated rings. The summed E-state index contributed by atoms with van der Waals surface area (Å²) in [5, 5.41) is 8.83. The summed E-state index contributed by atoms with van der Waals surface area (Å²) >= 11 is 0. The Morgan fingerprint density at radius 1 is 1.07 bits per heavy atom. The zero-order valence-corrected chi connectivity index (χ0v) is 17.2. The Bertz CT molecular complexity index is 1030. The van der Waals surface area contributed by atoms with E-state index in [1.807, 2.05) is 6.07 Å². The molecule has 0 radical (unpaired) electrons. The van der Waals surface area contributed by atoms with E-state index in [1.54, 1.807) is 24.3 Å². The molecule has 2 aliphatic rings. The summed E-state index contributed by atoms with van der Waals surface area (Å²) in [6.45, 7) is 1.06. The Labute approximate surface area is 175 Å². The van der Waals surface area contributed by atoms with Crippen LogP contribution >= 0.6 is 0 Å². The first-order chi connectivity index (χ1) is 14.5. The second kappa shape index (κ2) is 8.90. The minimum Gasteiger partial charge on any atom is -0.490 e. The first-order valence-electron chi connectivity index (χ1n) is 9.98. The first-order valence-corrected chi connectivity index (χ1v) is 11.5. The molecular weight excluding hydrogens is 406 g/mol. The molecule has 9 heteroatoms. The van der Waals surface area contributed by atoms with Crippen molar-refractivity contribution in [3.05, 3.63) is 42.1 Å². The summed E-state index contributed by atoms with van der Waals surface area (Å²) in [5.74, 6) is 1.51. The maximum atomic E-state index is 12.8. The van der Waals surface area contributed by atoms with E-state index < -0.39 is 10.0 Å². The van der Waals surface area contributed by atoms with Gasteiger partial charge in [-0.25, -0.2) is 18.1 Å². The fourth-order valence-corrected chi connectivity index (χ4v) is 4.90. The summed E-state index contributed by atoms with van der Waals surface area (Å²) < 4.78 is 45.5. The minimum absolute atomic E-state index is 0.0239. The van der Waals surface area contributed by atoms with Gasteiger partial charge in [-0.05, 0) is 43.9 Å². The normalized spacial score (nSPS) is 21.3. The number of rotatable bonds is 5. The number of sulfonamides is 1. The van der Waals surface area contributed by atoms with Crippen LogP contribution in [0.5, 0.6) is 17.4 Å². The van der Waals surface area contributed by atoms with Crippen molar-refractivity contribution in [1.82, 2.24) is 9.71 Å². The average molecular weight is 429 g/mol. The fourth-order valence-electron chi connectivity index (χ4n) is 3.58. The largest absolute Gasteiger partial charge is 0.490 e. The zero-order chi connectivity index (χ0) is 21.0. The monoisotopic (exact) mass is 429 g/mol. The molecule has 1 aromatic carbocycles. The van der Waals surface area contributed by atoms with Crippen LogP contribution in [0.25, 0.3) is 0 Å². The second-order valence-corrected chi connectivity index (χ2v) is 9.08. The summed E-state index contributed by atoms with van der Waals surface area (Å²) in [5.41, 5.74) is 0.482. The third kappa shape index (κ3) is 4.83. The molecule has 1 aliphatic carbocycles. The van der Waals surface area contributed by atoms with Crippen molar-refractivity contribution >= 4 is 10.0 Å². The SMILES string of the molecule is N#Cc1ccc(OC2CCC(NS(=O)(=O)c3ccc4c(c3)OCCCO4)CC2)nc1. The minimum atomic E-state index is -3.66. The van der Waals surface area contributed by atoms with Crippen LogP contribution in [0.1, 0.15) is 37.7 Å². The van der Waals surface area contributed by atoms with Crippen LogP contribution < -0.4 is 18.9 Å². The van der Waals surface area contributed by atoms with Gasteiger partial charge in [-0.2, -0.15) is 5.26 Å². The second-order valence-electron chi connectivity index (χ2n) is 7.37. The van der Waals surface area contributed by atoms with Crippen LogP contribution in [0.2, 0.25) is 0 Å². The van der Waals surface area contributed by atoms with Crippen molar-refractivity contribution in [2.45, 2.75) is 49.1 Å². The molecule has 1 aliphatic heterocycles. The summed E-state index contributed by atoms with van der Waals surface area (Å²) in [6.07, 6.45) is 4.99. The molecule has 158 valence electrons. The van der Waals surface area contributed by atoms with E-state index in [1.165, 1.54) is 12.3 Å². The lowest BCUT2D eigenvalue weighted by atomic mass is 9.94. The van der Waals surface area contributed by atoms with Crippen molar-refractivity contribution in [3.63, 3.8) is 0 Å². The highest BCUT2D eigenvalue weighted by molar-refractivity contribution is 7.89. The standard InChI is InChI=1S/C21H23N3O5S/c22-13-15-2-9-21(23-14-15)29-17-5-3-16(4-6-17)24-30(25,26)18-7-8-19-20(12-18)28-11-1-10-27-19/h2,7-9,12,14,16-17,24H,1,3-6,10-11H2. The van der Waals surface area contributed by atoms with Gasteiger partial charge in [0, 0.05) is 30.8 Å². The third-order valence-corrected chi connectivity index (χ3v) is 6.70. The van der Waals surface area contributed by atoms with Crippen molar-refractivity contribution in [1.29, 1.82) is 5.26 Å². The van der Waals surface area contributed by atoms with E-state index in [0.29, 0.717) is 49.0 Å². The van der Waals surface area contributed by atoms with E-state index >= 15 is 0 Å². The number of benzene rings is 1. The van der Waals surface area contributed by atoms with Gasteiger partial charge in [0.15, 0.2) is 11.5 Å². The van der Waals surface area contributed by atoms with E-state index in [0.717, 1.165) is 19.3 Å². The molecule has 4 rings (SSSR count). The number of ether oxygens (including phenoxy) is 3. The number of hydrogen-bond acceptors (Lipinski definition) is 7. The fraction of sp³-hybridized carbons (Fsp3) is 0.429. The molecule has 0 unspecified atom stereocenters. The number of hydrogen-bond donors (Lipinski definition) is 1. The molecule has 1 N–H and O–H groups in total. The number of pyridine rings is 1. The van der Waals surface area contributed by atoms with Gasteiger partial charge >= 0.3 is 0 Å². The molecule has 30 heavy (non-hydrogen) atoms. The molecule has 2 aromatic rings. The summed E-state index contributed by atoms with van der Waals surface area (Å²) in [6, 6.07) is 9.92. The number of aromatic nitrogens is 1. The van der Waals surface area contributed by atoms with Gasteiger partial charge in [0.1, 0.15) is 12.2 Å². The van der Waals surface area contributed by atoms with Crippen LogP contribution in [0.3, 0.4) is 0 Å². The van der Waals surface area contributed by atoms with Gasteiger partial charge in [-0.3, -0.25) is 0 Å². The highest BCUT2D eigenvalue weighted by atomic mass is 32.2. The van der Waals surface area contributed by atoms with Crippen LogP contribution in [0.4, 0.5) is 0 Å². The Balaban J connectivity index is 1.34. The molecule has 1 saturated carbocycles. The van der Waals surface area contributed by atoms with Gasteiger partial charge in [0.25, 0.3) is 0 Å². The lowest BCUT2D eigenvalue weighted by molar-refractivity contribution is 0.138. The van der Waals surface area contributed by atoms with Gasteiger partial charge in [-0.15, -0.1) is 0 Å². The first kappa shape index (κ1) is 20.4. The lowest BCUT2D eigenvalue weighted by Gasteiger charge is -2.29. The van der Waals surface area contributed by atoms with Crippen molar-refractivity contribution in [2.75, 3.05) is 13.2 Å². The predicted octanol–water partition coefficient (Wildman–Crippen LogP) is 2.78. The van der Waals surface area contributed by atoms with E-state index in [9.17, 15) is 8.42 Å². The molecule has 0 bridgehead atoms. The van der Waals surface area contributed by atoms with Crippen LogP contribution in [0, 0.1) is 11.3 Å². The number of fused-ring (bicyclic) bond motifs is 1. The molecule has 0 saturated heterocycles. The molecule has 0 spiro atoms. The highest BCUT2D eigenvalue weighted by Crippen LogP contribution is 2.32. The van der Waals surface area contributed by atoms with Crippen molar-refractivity contribution in [3.8, 4) is 23.4 Å². The maximum Gasteiger partial charge on any atom is 0.240 e. The average Bonchev–Trinajstić information content (AvgIpc) is 3.00. The third-order valence-electron chi connectivity index (χ3n) is 5.18. The Morgan fingerprint density at radius 3 is 2.53 bits per heavy atom. The Hall–Kier alpha value is -2.83. The molecule has 2 heterocycles. The summed E-state index contributed by atoms with van der Waals surface area (Å²) in [4.78, 5) is 4.30. The van der Waals surface area contributed by atoms with Gasteiger partial charge in [-0.1, -0.05) is 0 Å². The van der Waals surface area contributed by atoms with Crippen LogP contribution in [0.15, 0.2) is 41.4 Å². The molecular formula is C21H23N3O5S. The van der Waals surface area contributed by atoms with Crippen molar-refractivity contribution in [2.24, 2.45) is 0 Å². The van der Waals surface area contributed by atoms with E-state index in [2.05, 4.69) is 9.71 Å². The topological polar surface area (TPSA) is 111 Å². The number of nitrogens with one attached hydrogen (secondary N) is 1. The predicted molar refractivity (Wildman–Crippen MR) is 108 cm³/mol. The maximum absolute atomic E-state index is 12.8. The number of nitriles is 1. The van der Waals surface area contributed by atoms with Crippen molar-refractivity contribution < 1.29 is 22.6 Å². The number of nitrogens with zero attached hydrogens (tertiary/aromatic N) is 2. The molecule has 0 amide bonds. The zero-order valence-electron chi connectivity index (χ0n) is 16.4. The van der Waals surface area contributed by atoms with Crippen LogP contribution in [-0.4, -0.2) is 38.8 Å². The van der Waals surface area contributed by atoms with E-state index in [-0.39, 0.29) is 17.0 Å². The smallest absolute Gasteiger partial charge is 0.240 e. The highest BCUT2D eigenvalue weighted by Gasteiger charge is 2.27. The van der Waals surface area contributed by atoms with Gasteiger partial charge in [0.2, 0.25) is 15.9 Å². The Kier molecular flexibility index (Phi) is 6.06. The molecule has 1 aromatic heterocycles. The quantitative estimate of drug-likeness (QED) is 0.778. The lowest BCUT2D eigenvalue weighted by Crippen LogP contribution is -2.39. The van der Waals surface area contributed by atoms with Gasteiger partial charge in [0.05, 0.1) is 23.7 Å². The van der Waals surface area contributed by atoms with Crippen LogP contribution in [-0.2, 0) is 10.0 Å². The molecule has 0 atom stereocenters. The molecule has 8 nitrogen and oxygen atoms in total. The summed E-state index contributed by atoms with van der Waals surface area (Å²) in [7, 11) is -3.66. The van der Waals surface area contributed by atoms with E-state index in [4.69, 9.17) is 19.5 Å². The Morgan fingerprint density at radius 2 is 1.83 bits per heavy atom.